The van der Waals surface area contributed by atoms with E-state index in [0.717, 1.165) is 15.8 Å². The monoisotopic (exact) mass is 355 g/mol. The van der Waals surface area contributed by atoms with Gasteiger partial charge in [-0.05, 0) is 31.2 Å². The molecule has 0 spiro atoms. The van der Waals surface area contributed by atoms with Crippen LogP contribution in [0, 0.1) is 0 Å². The molecule has 0 fully saturated rings. The van der Waals surface area contributed by atoms with Crippen LogP contribution in [0.5, 0.6) is 11.5 Å². The molecule has 0 atom stereocenters. The summed E-state index contributed by atoms with van der Waals surface area (Å²) >= 11 is 2.90. The minimum absolute atomic E-state index is 0.102. The lowest BCUT2D eigenvalue weighted by Gasteiger charge is -2.08. The fourth-order valence-electron chi connectivity index (χ4n) is 1.54. The maximum absolute atomic E-state index is 11.2. The van der Waals surface area contributed by atoms with E-state index in [1.807, 2.05) is 0 Å². The maximum Gasteiger partial charge on any atom is 0.344 e. The molecule has 2 rings (SSSR count). The van der Waals surface area contributed by atoms with E-state index in [2.05, 4.69) is 10.2 Å². The summed E-state index contributed by atoms with van der Waals surface area (Å²) in [5.74, 6) is 1.67. The quantitative estimate of drug-likeness (QED) is 0.415. The van der Waals surface area contributed by atoms with Gasteiger partial charge in [0.1, 0.15) is 11.5 Å². The smallest absolute Gasteiger partial charge is 0.344 e. The van der Waals surface area contributed by atoms with Gasteiger partial charge in [-0.15, -0.1) is 10.2 Å². The molecular weight excluding hydrogens is 338 g/mol. The van der Waals surface area contributed by atoms with Gasteiger partial charge in [-0.25, -0.2) is 4.79 Å². The summed E-state index contributed by atoms with van der Waals surface area (Å²) in [6, 6.07) is 7.06. The van der Waals surface area contributed by atoms with E-state index >= 15 is 0 Å². The number of aromatic nitrogens is 2. The van der Waals surface area contributed by atoms with E-state index in [0.29, 0.717) is 24.1 Å². The first-order valence-corrected chi connectivity index (χ1v) is 8.70. The molecule has 124 valence electrons. The first-order chi connectivity index (χ1) is 11.2. The van der Waals surface area contributed by atoms with Crippen molar-refractivity contribution >= 4 is 34.2 Å². The molecule has 0 amide bonds. The average molecular weight is 355 g/mol. The molecule has 1 heterocycles. The first kappa shape index (κ1) is 17.4. The number of hydrogen-bond donors (Lipinski definition) is 1. The predicted octanol–water partition coefficient (Wildman–Crippen LogP) is 2.23. The summed E-state index contributed by atoms with van der Waals surface area (Å²) in [6.07, 6.45) is 0. The number of anilines is 1. The first-order valence-electron chi connectivity index (χ1n) is 6.90. The average Bonchev–Trinajstić information content (AvgIpc) is 2.96. The van der Waals surface area contributed by atoms with Gasteiger partial charge < -0.3 is 19.9 Å². The highest BCUT2D eigenvalue weighted by Crippen LogP contribution is 2.23. The molecule has 0 saturated heterocycles. The third-order valence-corrected chi connectivity index (χ3v) is 4.34. The molecule has 0 aliphatic carbocycles. The molecular formula is C14H17N3O4S2. The number of thioether (sulfide) groups is 1. The molecule has 0 aliphatic heterocycles. The molecule has 0 aliphatic rings. The summed E-state index contributed by atoms with van der Waals surface area (Å²) in [7, 11) is 0. The number of ether oxygens (including phenoxy) is 3. The molecule has 1 aromatic carbocycles. The Morgan fingerprint density at radius 2 is 1.91 bits per heavy atom. The van der Waals surface area contributed by atoms with Crippen molar-refractivity contribution in [2.75, 3.05) is 31.3 Å². The highest BCUT2D eigenvalue weighted by molar-refractivity contribution is 8.01. The van der Waals surface area contributed by atoms with Crippen LogP contribution in [0.3, 0.4) is 0 Å². The van der Waals surface area contributed by atoms with Gasteiger partial charge >= 0.3 is 5.97 Å². The topological polar surface area (TPSA) is 96.6 Å². The van der Waals surface area contributed by atoms with Crippen LogP contribution >= 0.6 is 23.1 Å². The van der Waals surface area contributed by atoms with Crippen molar-refractivity contribution in [2.45, 2.75) is 11.3 Å². The van der Waals surface area contributed by atoms with Crippen LogP contribution in [0.25, 0.3) is 0 Å². The highest BCUT2D eigenvalue weighted by atomic mass is 32.2. The number of nitrogens with zero attached hydrogens (tertiary/aromatic N) is 2. The lowest BCUT2D eigenvalue weighted by atomic mass is 10.3. The SMILES string of the molecule is CCOC(=O)COc1ccc(OCCSc2nnc(N)s2)cc1. The van der Waals surface area contributed by atoms with E-state index < -0.39 is 0 Å². The summed E-state index contributed by atoms with van der Waals surface area (Å²) in [5.41, 5.74) is 5.51. The zero-order chi connectivity index (χ0) is 16.5. The van der Waals surface area contributed by atoms with Crippen molar-refractivity contribution < 1.29 is 19.0 Å². The minimum atomic E-state index is -0.387. The Balaban J connectivity index is 1.67. The third-order valence-electron chi connectivity index (χ3n) is 2.49. The second-order valence-electron chi connectivity index (χ2n) is 4.17. The Morgan fingerprint density at radius 3 is 2.52 bits per heavy atom. The Morgan fingerprint density at radius 1 is 1.22 bits per heavy atom. The number of esters is 1. The molecule has 2 aromatic rings. The number of nitrogen functional groups attached to an aromatic ring is 1. The summed E-state index contributed by atoms with van der Waals surface area (Å²) in [5, 5.41) is 8.12. The van der Waals surface area contributed by atoms with E-state index in [1.54, 1.807) is 43.0 Å². The van der Waals surface area contributed by atoms with Crippen LogP contribution in [0.4, 0.5) is 5.13 Å². The second kappa shape index (κ2) is 9.21. The fourth-order valence-corrected chi connectivity index (χ4v) is 3.07. The molecule has 0 saturated carbocycles. The minimum Gasteiger partial charge on any atom is -0.493 e. The molecule has 0 unspecified atom stereocenters. The lowest BCUT2D eigenvalue weighted by molar-refractivity contribution is -0.145. The molecule has 2 N–H and O–H groups in total. The highest BCUT2D eigenvalue weighted by Gasteiger charge is 2.04. The molecule has 23 heavy (non-hydrogen) atoms. The van der Waals surface area contributed by atoms with Gasteiger partial charge in [-0.1, -0.05) is 23.1 Å². The number of carbonyl (C=O) groups is 1. The summed E-state index contributed by atoms with van der Waals surface area (Å²) in [4.78, 5) is 11.2. The molecule has 9 heteroatoms. The van der Waals surface area contributed by atoms with Gasteiger partial charge in [0.25, 0.3) is 0 Å². The molecule has 7 nitrogen and oxygen atoms in total. The third kappa shape index (κ3) is 6.33. The van der Waals surface area contributed by atoms with Gasteiger partial charge in [0.05, 0.1) is 13.2 Å². The van der Waals surface area contributed by atoms with Gasteiger partial charge in [0.15, 0.2) is 10.9 Å². The number of hydrogen-bond acceptors (Lipinski definition) is 9. The van der Waals surface area contributed by atoms with Crippen LogP contribution in [-0.2, 0) is 9.53 Å². The van der Waals surface area contributed by atoms with Crippen LogP contribution in [0.15, 0.2) is 28.6 Å². The zero-order valence-electron chi connectivity index (χ0n) is 12.6. The van der Waals surface area contributed by atoms with Gasteiger partial charge in [0.2, 0.25) is 5.13 Å². The Bertz CT molecular complexity index is 619. The van der Waals surface area contributed by atoms with Crippen molar-refractivity contribution in [3.05, 3.63) is 24.3 Å². The van der Waals surface area contributed by atoms with Crippen molar-refractivity contribution in [1.29, 1.82) is 0 Å². The molecule has 0 radical (unpaired) electrons. The van der Waals surface area contributed by atoms with Crippen molar-refractivity contribution in [3.63, 3.8) is 0 Å². The Hall–Kier alpha value is -2.00. The van der Waals surface area contributed by atoms with E-state index in [9.17, 15) is 4.79 Å². The van der Waals surface area contributed by atoms with Crippen LogP contribution in [0.2, 0.25) is 0 Å². The Labute approximate surface area is 142 Å². The van der Waals surface area contributed by atoms with Crippen molar-refractivity contribution in [3.8, 4) is 11.5 Å². The second-order valence-corrected chi connectivity index (χ2v) is 6.52. The zero-order valence-corrected chi connectivity index (χ0v) is 14.2. The van der Waals surface area contributed by atoms with E-state index in [4.69, 9.17) is 19.9 Å². The van der Waals surface area contributed by atoms with E-state index in [1.165, 1.54) is 11.3 Å². The van der Waals surface area contributed by atoms with Crippen LogP contribution in [-0.4, -0.2) is 41.7 Å². The summed E-state index contributed by atoms with van der Waals surface area (Å²) < 4.78 is 16.5. The number of rotatable bonds is 9. The number of benzene rings is 1. The van der Waals surface area contributed by atoms with Gasteiger partial charge in [0, 0.05) is 5.75 Å². The predicted molar refractivity (Wildman–Crippen MR) is 89.1 cm³/mol. The largest absolute Gasteiger partial charge is 0.493 e. The molecule has 0 bridgehead atoms. The van der Waals surface area contributed by atoms with Crippen LogP contribution in [0.1, 0.15) is 6.92 Å². The number of nitrogens with two attached hydrogens (primary N) is 1. The number of carbonyl (C=O) groups excluding carboxylic acids is 1. The van der Waals surface area contributed by atoms with Gasteiger partial charge in [-0.3, -0.25) is 0 Å². The normalized spacial score (nSPS) is 10.3. The van der Waals surface area contributed by atoms with Gasteiger partial charge in [-0.2, -0.15) is 0 Å². The van der Waals surface area contributed by atoms with Crippen molar-refractivity contribution in [1.82, 2.24) is 10.2 Å². The fraction of sp³-hybridized carbons (Fsp3) is 0.357. The van der Waals surface area contributed by atoms with E-state index in [-0.39, 0.29) is 12.6 Å². The van der Waals surface area contributed by atoms with Crippen LogP contribution < -0.4 is 15.2 Å². The van der Waals surface area contributed by atoms with Crippen molar-refractivity contribution in [2.24, 2.45) is 0 Å². The lowest BCUT2D eigenvalue weighted by Crippen LogP contribution is -2.14. The maximum atomic E-state index is 11.2. The summed E-state index contributed by atoms with van der Waals surface area (Å²) in [6.45, 7) is 2.53. The Kier molecular flexibility index (Phi) is 6.95. The molecule has 1 aromatic heterocycles. The standard InChI is InChI=1S/C14H17N3O4S2/c1-2-19-12(18)9-21-11-5-3-10(4-6-11)20-7-8-22-14-17-16-13(15)23-14/h3-6H,2,7-9H2,1H3,(H2,15,16).